The lowest BCUT2D eigenvalue weighted by Gasteiger charge is -2.06. The summed E-state index contributed by atoms with van der Waals surface area (Å²) >= 11 is 0. The molecule has 0 spiro atoms. The molecule has 112 valence electrons. The highest BCUT2D eigenvalue weighted by Gasteiger charge is 1.97. The molecule has 0 saturated carbocycles. The first-order valence-electron chi connectivity index (χ1n) is 8.02. The zero-order valence-electron chi connectivity index (χ0n) is 13.2. The van der Waals surface area contributed by atoms with Crippen molar-refractivity contribution in [3.63, 3.8) is 0 Å². The molecule has 2 heteroatoms. The lowest BCUT2D eigenvalue weighted by atomic mass is 10.0. The van der Waals surface area contributed by atoms with E-state index in [-0.39, 0.29) is 5.97 Å². The molecule has 0 aromatic heterocycles. The summed E-state index contributed by atoms with van der Waals surface area (Å²) in [5.41, 5.74) is 1.66. The van der Waals surface area contributed by atoms with Crippen LogP contribution in [0.3, 0.4) is 0 Å². The number of hydrogen-bond donors (Lipinski definition) is 0. The summed E-state index contributed by atoms with van der Waals surface area (Å²) in [6, 6.07) is 0. The minimum Gasteiger partial charge on any atom is -0.466 e. The first-order chi connectivity index (χ1) is 9.20. The van der Waals surface area contributed by atoms with Crippen molar-refractivity contribution in [2.75, 3.05) is 6.61 Å². The van der Waals surface area contributed by atoms with Crippen LogP contribution in [-0.2, 0) is 9.53 Å². The Morgan fingerprint density at radius 3 is 2.11 bits per heavy atom. The Labute approximate surface area is 119 Å². The van der Waals surface area contributed by atoms with Gasteiger partial charge in [0.15, 0.2) is 0 Å². The molecule has 0 aromatic rings. The summed E-state index contributed by atoms with van der Waals surface area (Å²) in [4.78, 5) is 10.6. The van der Waals surface area contributed by atoms with E-state index in [0.717, 1.165) is 12.8 Å². The van der Waals surface area contributed by atoms with Gasteiger partial charge >= 0.3 is 5.97 Å². The van der Waals surface area contributed by atoms with E-state index >= 15 is 0 Å². The molecule has 0 N–H and O–H groups in total. The van der Waals surface area contributed by atoms with Crippen molar-refractivity contribution in [1.82, 2.24) is 0 Å². The number of unbranched alkanes of at least 4 members (excludes halogenated alkanes) is 5. The van der Waals surface area contributed by atoms with E-state index < -0.39 is 0 Å². The van der Waals surface area contributed by atoms with Crippen LogP contribution in [0.25, 0.3) is 0 Å². The van der Waals surface area contributed by atoms with Gasteiger partial charge < -0.3 is 4.74 Å². The Balaban J connectivity index is 3.67. The summed E-state index contributed by atoms with van der Waals surface area (Å²) in [5, 5.41) is 0. The van der Waals surface area contributed by atoms with E-state index in [0.29, 0.717) is 6.61 Å². The normalized spacial score (nSPS) is 10.3. The molecule has 0 aliphatic heterocycles. The number of rotatable bonds is 12. The van der Waals surface area contributed by atoms with E-state index in [1.54, 1.807) is 5.57 Å². The molecular weight excluding hydrogens is 236 g/mol. The van der Waals surface area contributed by atoms with E-state index in [4.69, 9.17) is 4.74 Å². The molecule has 0 saturated heterocycles. The fraction of sp³-hybridized carbons (Fsp3) is 0.824. The molecule has 0 amide bonds. The van der Waals surface area contributed by atoms with Gasteiger partial charge in [0.2, 0.25) is 0 Å². The number of ether oxygens (including phenoxy) is 1. The monoisotopic (exact) mass is 268 g/mol. The average Bonchev–Trinajstić information content (AvgIpc) is 2.39. The molecule has 0 aliphatic rings. The number of esters is 1. The van der Waals surface area contributed by atoms with Crippen molar-refractivity contribution in [2.24, 2.45) is 0 Å². The van der Waals surface area contributed by atoms with Crippen molar-refractivity contribution in [2.45, 2.75) is 85.0 Å². The van der Waals surface area contributed by atoms with E-state index in [1.807, 2.05) is 0 Å². The number of carbonyl (C=O) groups excluding carboxylic acids is 1. The standard InChI is InChI=1S/C17H32O2/c1-4-6-12-17(13-7-5-2)14-10-8-9-11-15-19-16(3)18/h14H,4-13,15H2,1-3H3. The molecule has 0 fully saturated rings. The van der Waals surface area contributed by atoms with Crippen LogP contribution < -0.4 is 0 Å². The second kappa shape index (κ2) is 13.6. The lowest BCUT2D eigenvalue weighted by molar-refractivity contribution is -0.141. The highest BCUT2D eigenvalue weighted by Crippen LogP contribution is 2.16. The minimum atomic E-state index is -0.165. The van der Waals surface area contributed by atoms with Crippen LogP contribution in [0.5, 0.6) is 0 Å². The van der Waals surface area contributed by atoms with Crippen LogP contribution in [0.1, 0.15) is 85.0 Å². The summed E-state index contributed by atoms with van der Waals surface area (Å²) in [5.74, 6) is -0.165. The van der Waals surface area contributed by atoms with Crippen molar-refractivity contribution < 1.29 is 9.53 Å². The SMILES string of the molecule is CCCCC(=CCCCCCOC(C)=O)CCCC. The number of hydrogen-bond acceptors (Lipinski definition) is 2. The first kappa shape index (κ1) is 18.2. The third-order valence-corrected chi connectivity index (χ3v) is 3.29. The molecule has 0 rings (SSSR count). The van der Waals surface area contributed by atoms with Gasteiger partial charge in [-0.2, -0.15) is 0 Å². The van der Waals surface area contributed by atoms with Gasteiger partial charge in [0.25, 0.3) is 0 Å². The largest absolute Gasteiger partial charge is 0.466 e. The van der Waals surface area contributed by atoms with E-state index in [9.17, 15) is 4.79 Å². The maximum Gasteiger partial charge on any atom is 0.302 e. The van der Waals surface area contributed by atoms with Crippen LogP contribution in [-0.4, -0.2) is 12.6 Å². The molecule has 2 nitrogen and oxygen atoms in total. The zero-order valence-corrected chi connectivity index (χ0v) is 13.2. The van der Waals surface area contributed by atoms with Crippen molar-refractivity contribution in [3.8, 4) is 0 Å². The smallest absolute Gasteiger partial charge is 0.302 e. The van der Waals surface area contributed by atoms with Crippen LogP contribution >= 0.6 is 0 Å². The van der Waals surface area contributed by atoms with Gasteiger partial charge in [0.05, 0.1) is 6.61 Å². The van der Waals surface area contributed by atoms with Gasteiger partial charge in [-0.1, -0.05) is 38.3 Å². The van der Waals surface area contributed by atoms with Crippen molar-refractivity contribution >= 4 is 5.97 Å². The Hall–Kier alpha value is -0.790. The van der Waals surface area contributed by atoms with E-state index in [1.165, 1.54) is 58.3 Å². The average molecular weight is 268 g/mol. The van der Waals surface area contributed by atoms with Crippen LogP contribution in [0.2, 0.25) is 0 Å². The Bertz CT molecular complexity index is 234. The topological polar surface area (TPSA) is 26.3 Å². The highest BCUT2D eigenvalue weighted by atomic mass is 16.5. The molecule has 0 unspecified atom stereocenters. The second-order valence-electron chi connectivity index (χ2n) is 5.26. The van der Waals surface area contributed by atoms with Crippen LogP contribution in [0, 0.1) is 0 Å². The van der Waals surface area contributed by atoms with Gasteiger partial charge in [-0.05, 0) is 51.4 Å². The molecule has 0 aromatic carbocycles. The summed E-state index contributed by atoms with van der Waals surface area (Å²) in [6.45, 7) is 6.56. The predicted octanol–water partition coefficient (Wildman–Crippen LogP) is 5.42. The summed E-state index contributed by atoms with van der Waals surface area (Å²) in [7, 11) is 0. The van der Waals surface area contributed by atoms with Crippen molar-refractivity contribution in [1.29, 1.82) is 0 Å². The maximum atomic E-state index is 10.6. The molecule has 0 radical (unpaired) electrons. The van der Waals surface area contributed by atoms with Gasteiger partial charge in [-0.3, -0.25) is 4.79 Å². The zero-order chi connectivity index (χ0) is 14.3. The molecule has 19 heavy (non-hydrogen) atoms. The molecule has 0 bridgehead atoms. The van der Waals surface area contributed by atoms with Gasteiger partial charge in [-0.25, -0.2) is 0 Å². The Morgan fingerprint density at radius 1 is 0.947 bits per heavy atom. The summed E-state index contributed by atoms with van der Waals surface area (Å²) in [6.07, 6.45) is 14.8. The third kappa shape index (κ3) is 13.4. The fourth-order valence-corrected chi connectivity index (χ4v) is 2.08. The molecule has 0 aliphatic carbocycles. The van der Waals surface area contributed by atoms with Crippen LogP contribution in [0.4, 0.5) is 0 Å². The molecule has 0 atom stereocenters. The maximum absolute atomic E-state index is 10.6. The van der Waals surface area contributed by atoms with Crippen molar-refractivity contribution in [3.05, 3.63) is 11.6 Å². The number of carbonyl (C=O) groups is 1. The molecule has 0 heterocycles. The van der Waals surface area contributed by atoms with Gasteiger partial charge in [-0.15, -0.1) is 0 Å². The van der Waals surface area contributed by atoms with Gasteiger partial charge in [0, 0.05) is 6.92 Å². The predicted molar refractivity (Wildman–Crippen MR) is 82.2 cm³/mol. The highest BCUT2D eigenvalue weighted by molar-refractivity contribution is 5.65. The first-order valence-corrected chi connectivity index (χ1v) is 8.02. The molecular formula is C17H32O2. The summed E-state index contributed by atoms with van der Waals surface area (Å²) < 4.78 is 4.92. The van der Waals surface area contributed by atoms with Crippen LogP contribution in [0.15, 0.2) is 11.6 Å². The van der Waals surface area contributed by atoms with E-state index in [2.05, 4.69) is 19.9 Å². The lowest BCUT2D eigenvalue weighted by Crippen LogP contribution is -1.99. The third-order valence-electron chi connectivity index (χ3n) is 3.29. The number of allylic oxidation sites excluding steroid dienone is 2. The van der Waals surface area contributed by atoms with Gasteiger partial charge in [0.1, 0.15) is 0 Å². The quantitative estimate of drug-likeness (QED) is 0.268. The Kier molecular flexibility index (Phi) is 13.1. The minimum absolute atomic E-state index is 0.165. The fourth-order valence-electron chi connectivity index (χ4n) is 2.08. The Morgan fingerprint density at radius 2 is 1.58 bits per heavy atom. The second-order valence-corrected chi connectivity index (χ2v) is 5.26.